The third-order valence-electron chi connectivity index (χ3n) is 3.85. The van der Waals surface area contributed by atoms with E-state index in [0.29, 0.717) is 31.1 Å². The van der Waals surface area contributed by atoms with E-state index in [9.17, 15) is 14.4 Å². The molecule has 0 aliphatic carbocycles. The standard InChI is InChI=1S/C20H29NO6/c1-14(2)10-12-26-15(3)19(23)27-13-18(22)21-11-9-16-5-7-17(8-6-16)20(24)25-4/h5-8,14-15H,9-13H2,1-4H3,(H,21,22). The molecule has 1 atom stereocenters. The van der Waals surface area contributed by atoms with Gasteiger partial charge in [0.1, 0.15) is 0 Å². The molecular formula is C20H29NO6. The molecule has 0 radical (unpaired) electrons. The van der Waals surface area contributed by atoms with Crippen LogP contribution in [0.5, 0.6) is 0 Å². The van der Waals surface area contributed by atoms with Gasteiger partial charge in [-0.25, -0.2) is 9.59 Å². The number of carbonyl (C=O) groups is 3. The lowest BCUT2D eigenvalue weighted by atomic mass is 10.1. The lowest BCUT2D eigenvalue weighted by molar-refractivity contribution is -0.159. The molecular weight excluding hydrogens is 350 g/mol. The molecule has 0 fully saturated rings. The highest BCUT2D eigenvalue weighted by atomic mass is 16.6. The molecule has 0 saturated carbocycles. The van der Waals surface area contributed by atoms with Crippen molar-refractivity contribution in [2.45, 2.75) is 39.7 Å². The Morgan fingerprint density at radius 2 is 1.74 bits per heavy atom. The summed E-state index contributed by atoms with van der Waals surface area (Å²) in [5.74, 6) is -0.814. The third kappa shape index (κ3) is 9.19. The van der Waals surface area contributed by atoms with E-state index in [0.717, 1.165) is 12.0 Å². The number of hydrogen-bond acceptors (Lipinski definition) is 6. The van der Waals surface area contributed by atoms with E-state index in [1.165, 1.54) is 7.11 Å². The highest BCUT2D eigenvalue weighted by Gasteiger charge is 2.16. The molecule has 1 amide bonds. The fraction of sp³-hybridized carbons (Fsp3) is 0.550. The number of hydrogen-bond donors (Lipinski definition) is 1. The van der Waals surface area contributed by atoms with Crippen LogP contribution in [-0.4, -0.2) is 50.8 Å². The summed E-state index contributed by atoms with van der Waals surface area (Å²) in [6.07, 6.45) is 0.763. The van der Waals surface area contributed by atoms with Gasteiger partial charge in [0, 0.05) is 13.2 Å². The summed E-state index contributed by atoms with van der Waals surface area (Å²) in [5, 5.41) is 2.68. The summed E-state index contributed by atoms with van der Waals surface area (Å²) in [6.45, 7) is 6.30. The van der Waals surface area contributed by atoms with Gasteiger partial charge in [-0.1, -0.05) is 26.0 Å². The third-order valence-corrected chi connectivity index (χ3v) is 3.85. The zero-order chi connectivity index (χ0) is 20.2. The zero-order valence-corrected chi connectivity index (χ0v) is 16.4. The summed E-state index contributed by atoms with van der Waals surface area (Å²) < 4.78 is 15.0. The van der Waals surface area contributed by atoms with Gasteiger partial charge in [-0.05, 0) is 43.4 Å². The summed E-state index contributed by atoms with van der Waals surface area (Å²) in [7, 11) is 1.33. The molecule has 1 N–H and O–H groups in total. The van der Waals surface area contributed by atoms with E-state index in [-0.39, 0.29) is 18.5 Å². The first-order valence-electron chi connectivity index (χ1n) is 9.05. The van der Waals surface area contributed by atoms with Crippen molar-refractivity contribution < 1.29 is 28.6 Å². The first-order valence-corrected chi connectivity index (χ1v) is 9.05. The molecule has 0 aromatic heterocycles. The second-order valence-corrected chi connectivity index (χ2v) is 6.59. The topological polar surface area (TPSA) is 90.9 Å². The van der Waals surface area contributed by atoms with Gasteiger partial charge in [0.15, 0.2) is 12.7 Å². The van der Waals surface area contributed by atoms with E-state index in [1.807, 2.05) is 0 Å². The Morgan fingerprint density at radius 1 is 1.07 bits per heavy atom. The molecule has 150 valence electrons. The first-order chi connectivity index (χ1) is 12.8. The van der Waals surface area contributed by atoms with Crippen LogP contribution >= 0.6 is 0 Å². The van der Waals surface area contributed by atoms with Crippen LogP contribution in [0.1, 0.15) is 43.1 Å². The van der Waals surface area contributed by atoms with Crippen molar-refractivity contribution in [2.24, 2.45) is 5.92 Å². The Labute approximate surface area is 160 Å². The predicted molar refractivity (Wildman–Crippen MR) is 100 cm³/mol. The molecule has 27 heavy (non-hydrogen) atoms. The van der Waals surface area contributed by atoms with Crippen LogP contribution in [0.4, 0.5) is 0 Å². The summed E-state index contributed by atoms with van der Waals surface area (Å²) in [5.41, 5.74) is 1.44. The van der Waals surface area contributed by atoms with Crippen LogP contribution in [0.3, 0.4) is 0 Å². The van der Waals surface area contributed by atoms with Gasteiger partial charge in [0.25, 0.3) is 5.91 Å². The molecule has 1 unspecified atom stereocenters. The maximum atomic E-state index is 11.8. The molecule has 0 heterocycles. The van der Waals surface area contributed by atoms with E-state index in [1.54, 1.807) is 31.2 Å². The molecule has 1 aromatic rings. The van der Waals surface area contributed by atoms with Crippen LogP contribution in [0, 0.1) is 5.92 Å². The van der Waals surface area contributed by atoms with E-state index in [2.05, 4.69) is 23.9 Å². The largest absolute Gasteiger partial charge is 0.465 e. The minimum absolute atomic E-state index is 0.335. The quantitative estimate of drug-likeness (QED) is 0.592. The lowest BCUT2D eigenvalue weighted by Gasteiger charge is -2.13. The lowest BCUT2D eigenvalue weighted by Crippen LogP contribution is -2.33. The van der Waals surface area contributed by atoms with E-state index in [4.69, 9.17) is 9.47 Å². The van der Waals surface area contributed by atoms with Crippen LogP contribution in [0.15, 0.2) is 24.3 Å². The van der Waals surface area contributed by atoms with Crippen LogP contribution in [0.25, 0.3) is 0 Å². The SMILES string of the molecule is COC(=O)c1ccc(CCNC(=O)COC(=O)C(C)OCCC(C)C)cc1. The van der Waals surface area contributed by atoms with E-state index < -0.39 is 12.1 Å². The summed E-state index contributed by atoms with van der Waals surface area (Å²) >= 11 is 0. The van der Waals surface area contributed by atoms with Crippen LogP contribution in [-0.2, 0) is 30.2 Å². The average molecular weight is 379 g/mol. The average Bonchev–Trinajstić information content (AvgIpc) is 2.65. The smallest absolute Gasteiger partial charge is 0.337 e. The van der Waals surface area contributed by atoms with Crippen molar-refractivity contribution in [2.75, 3.05) is 26.9 Å². The number of methoxy groups -OCH3 is 1. The maximum absolute atomic E-state index is 11.8. The molecule has 1 aromatic carbocycles. The highest BCUT2D eigenvalue weighted by Crippen LogP contribution is 2.06. The van der Waals surface area contributed by atoms with Crippen molar-refractivity contribution in [3.05, 3.63) is 35.4 Å². The predicted octanol–water partition coefficient (Wildman–Crippen LogP) is 2.13. The second kappa shape index (κ2) is 12.1. The van der Waals surface area contributed by atoms with Crippen molar-refractivity contribution in [3.8, 4) is 0 Å². The monoisotopic (exact) mass is 379 g/mol. The van der Waals surface area contributed by atoms with Gasteiger partial charge >= 0.3 is 11.9 Å². The Hall–Kier alpha value is -2.41. The first kappa shape index (κ1) is 22.6. The molecule has 0 spiro atoms. The van der Waals surface area contributed by atoms with Crippen molar-refractivity contribution in [3.63, 3.8) is 0 Å². The Balaban J connectivity index is 2.23. The molecule has 7 nitrogen and oxygen atoms in total. The number of benzene rings is 1. The Bertz CT molecular complexity index is 611. The normalized spacial score (nSPS) is 11.7. The molecule has 0 saturated heterocycles. The molecule has 0 aliphatic heterocycles. The number of carbonyl (C=O) groups excluding carboxylic acids is 3. The minimum atomic E-state index is -0.690. The van der Waals surface area contributed by atoms with Gasteiger partial charge < -0.3 is 19.5 Å². The van der Waals surface area contributed by atoms with Gasteiger partial charge in [-0.15, -0.1) is 0 Å². The fourth-order valence-corrected chi connectivity index (χ4v) is 2.13. The fourth-order valence-electron chi connectivity index (χ4n) is 2.13. The van der Waals surface area contributed by atoms with Crippen LogP contribution in [0.2, 0.25) is 0 Å². The Morgan fingerprint density at radius 3 is 2.33 bits per heavy atom. The van der Waals surface area contributed by atoms with Gasteiger partial charge in [-0.3, -0.25) is 4.79 Å². The molecule has 1 rings (SSSR count). The number of nitrogens with one attached hydrogen (secondary N) is 1. The van der Waals surface area contributed by atoms with Crippen LogP contribution < -0.4 is 5.32 Å². The second-order valence-electron chi connectivity index (χ2n) is 6.59. The maximum Gasteiger partial charge on any atom is 0.337 e. The number of amides is 1. The Kier molecular flexibility index (Phi) is 10.1. The van der Waals surface area contributed by atoms with Gasteiger partial charge in [0.2, 0.25) is 0 Å². The highest BCUT2D eigenvalue weighted by molar-refractivity contribution is 5.89. The van der Waals surface area contributed by atoms with Crippen molar-refractivity contribution in [1.82, 2.24) is 5.32 Å². The summed E-state index contributed by atoms with van der Waals surface area (Å²) in [6, 6.07) is 6.94. The van der Waals surface area contributed by atoms with Gasteiger partial charge in [0.05, 0.1) is 12.7 Å². The zero-order valence-electron chi connectivity index (χ0n) is 16.4. The molecule has 0 aliphatic rings. The molecule has 0 bridgehead atoms. The molecule has 7 heteroatoms. The summed E-state index contributed by atoms with van der Waals surface area (Å²) in [4.78, 5) is 34.9. The van der Waals surface area contributed by atoms with Gasteiger partial charge in [-0.2, -0.15) is 0 Å². The number of rotatable bonds is 11. The van der Waals surface area contributed by atoms with E-state index >= 15 is 0 Å². The number of ether oxygens (including phenoxy) is 3. The van der Waals surface area contributed by atoms with Crippen molar-refractivity contribution >= 4 is 17.8 Å². The minimum Gasteiger partial charge on any atom is -0.465 e. The van der Waals surface area contributed by atoms with Crippen molar-refractivity contribution in [1.29, 1.82) is 0 Å². The number of esters is 2.